The monoisotopic (exact) mass is 311 g/mol. The third kappa shape index (κ3) is 4.33. The van der Waals surface area contributed by atoms with Gasteiger partial charge in [-0.15, -0.1) is 0 Å². The molecule has 3 rings (SSSR count). The number of rotatable bonds is 4. The van der Waals surface area contributed by atoms with Crippen molar-refractivity contribution in [2.45, 2.75) is 38.5 Å². The van der Waals surface area contributed by atoms with Crippen LogP contribution in [0.25, 0.3) is 0 Å². The second-order valence-corrected chi connectivity index (χ2v) is 6.91. The quantitative estimate of drug-likeness (QED) is 0.929. The predicted octanol–water partition coefficient (Wildman–Crippen LogP) is 3.20. The highest BCUT2D eigenvalue weighted by atomic mass is 16.2. The first-order valence-electron chi connectivity index (χ1n) is 8.72. The minimum atomic E-state index is 0.0623. The highest BCUT2D eigenvalue weighted by Crippen LogP contribution is 2.35. The fourth-order valence-electron chi connectivity index (χ4n) is 4.02. The third-order valence-electron chi connectivity index (χ3n) is 5.26. The number of hydrogen-bond donors (Lipinski definition) is 1. The van der Waals surface area contributed by atoms with Crippen LogP contribution in [0.3, 0.4) is 0 Å². The van der Waals surface area contributed by atoms with Crippen molar-refractivity contribution < 1.29 is 4.79 Å². The number of carbonyl (C=O) groups excluding carboxylic acids is 1. The Labute approximate surface area is 138 Å². The van der Waals surface area contributed by atoms with E-state index in [4.69, 9.17) is 5.26 Å². The summed E-state index contributed by atoms with van der Waals surface area (Å²) in [5.41, 5.74) is 1.79. The van der Waals surface area contributed by atoms with Gasteiger partial charge in [-0.1, -0.05) is 31.4 Å². The molecule has 0 bridgehead atoms. The van der Waals surface area contributed by atoms with E-state index in [0.717, 1.165) is 36.2 Å². The number of fused-ring (bicyclic) bond motifs is 1. The molecule has 1 aromatic carbocycles. The molecule has 1 heterocycles. The fraction of sp³-hybridized carbons (Fsp3) is 0.579. The number of benzene rings is 1. The summed E-state index contributed by atoms with van der Waals surface area (Å²) in [6, 6.07) is 9.66. The van der Waals surface area contributed by atoms with Crippen molar-refractivity contribution in [2.24, 2.45) is 11.8 Å². The molecule has 0 spiro atoms. The molecule has 4 heteroatoms. The van der Waals surface area contributed by atoms with E-state index in [2.05, 4.69) is 16.3 Å². The Kier molecular flexibility index (Phi) is 5.30. The summed E-state index contributed by atoms with van der Waals surface area (Å²) in [5.74, 6) is 1.76. The van der Waals surface area contributed by atoms with E-state index in [-0.39, 0.29) is 5.91 Å². The molecule has 122 valence electrons. The molecule has 1 aromatic rings. The van der Waals surface area contributed by atoms with Gasteiger partial charge in [-0.25, -0.2) is 0 Å². The summed E-state index contributed by atoms with van der Waals surface area (Å²) in [4.78, 5) is 14.6. The average molecular weight is 311 g/mol. The van der Waals surface area contributed by atoms with Gasteiger partial charge in [-0.3, -0.25) is 9.69 Å². The summed E-state index contributed by atoms with van der Waals surface area (Å²) < 4.78 is 0. The fourth-order valence-corrected chi connectivity index (χ4v) is 4.02. The van der Waals surface area contributed by atoms with Crippen molar-refractivity contribution in [3.63, 3.8) is 0 Å². The summed E-state index contributed by atoms with van der Waals surface area (Å²) in [6.07, 6.45) is 7.13. The molecule has 4 nitrogen and oxygen atoms in total. The Bertz CT molecular complexity index is 575. The highest BCUT2D eigenvalue weighted by Gasteiger charge is 2.31. The normalized spacial score (nSPS) is 24.5. The molecular formula is C19H25N3O. The van der Waals surface area contributed by atoms with Gasteiger partial charge in [0.1, 0.15) is 0 Å². The van der Waals surface area contributed by atoms with E-state index in [1.165, 1.54) is 32.1 Å². The first kappa shape index (κ1) is 16.0. The Morgan fingerprint density at radius 3 is 2.65 bits per heavy atom. The van der Waals surface area contributed by atoms with E-state index >= 15 is 0 Å². The number of likely N-dealkylation sites (tertiary alicyclic amines) is 1. The molecule has 0 aromatic heterocycles. The van der Waals surface area contributed by atoms with Crippen LogP contribution in [-0.2, 0) is 11.2 Å². The maximum absolute atomic E-state index is 12.2. The van der Waals surface area contributed by atoms with Crippen LogP contribution < -0.4 is 5.32 Å². The van der Waals surface area contributed by atoms with Crippen LogP contribution in [0.5, 0.6) is 0 Å². The lowest BCUT2D eigenvalue weighted by molar-refractivity contribution is -0.118. The van der Waals surface area contributed by atoms with E-state index in [9.17, 15) is 4.79 Å². The maximum atomic E-state index is 12.2. The lowest BCUT2D eigenvalue weighted by Crippen LogP contribution is -2.44. The smallest absolute Gasteiger partial charge is 0.238 e. The van der Waals surface area contributed by atoms with Crippen molar-refractivity contribution in [3.8, 4) is 6.07 Å². The summed E-state index contributed by atoms with van der Waals surface area (Å²) in [5, 5.41) is 11.6. The van der Waals surface area contributed by atoms with E-state index in [1.54, 1.807) is 0 Å². The lowest BCUT2D eigenvalue weighted by atomic mass is 9.75. The molecule has 1 aliphatic carbocycles. The molecular weight excluding hydrogens is 286 g/mol. The number of hydrogen-bond acceptors (Lipinski definition) is 3. The largest absolute Gasteiger partial charge is 0.325 e. The van der Waals surface area contributed by atoms with Crippen molar-refractivity contribution in [1.29, 1.82) is 5.26 Å². The van der Waals surface area contributed by atoms with Crippen LogP contribution in [0.15, 0.2) is 24.3 Å². The number of nitrogens with one attached hydrogen (secondary N) is 1. The number of nitriles is 1. The molecule has 23 heavy (non-hydrogen) atoms. The van der Waals surface area contributed by atoms with Gasteiger partial charge in [0, 0.05) is 12.2 Å². The summed E-state index contributed by atoms with van der Waals surface area (Å²) in [7, 11) is 0. The van der Waals surface area contributed by atoms with E-state index < -0.39 is 0 Å². The molecule has 1 N–H and O–H groups in total. The van der Waals surface area contributed by atoms with Gasteiger partial charge in [0.25, 0.3) is 0 Å². The van der Waals surface area contributed by atoms with Crippen LogP contribution in [0.1, 0.15) is 37.7 Å². The van der Waals surface area contributed by atoms with Crippen molar-refractivity contribution in [3.05, 3.63) is 29.8 Å². The zero-order valence-corrected chi connectivity index (χ0v) is 13.6. The number of carbonyl (C=O) groups is 1. The molecule has 2 aliphatic rings. The van der Waals surface area contributed by atoms with Crippen molar-refractivity contribution in [1.82, 2.24) is 4.90 Å². The zero-order valence-electron chi connectivity index (χ0n) is 13.6. The highest BCUT2D eigenvalue weighted by molar-refractivity contribution is 5.92. The van der Waals surface area contributed by atoms with Crippen LogP contribution in [0.2, 0.25) is 0 Å². The topological polar surface area (TPSA) is 56.1 Å². The average Bonchev–Trinajstić information content (AvgIpc) is 2.57. The van der Waals surface area contributed by atoms with Gasteiger partial charge in [0.15, 0.2) is 0 Å². The summed E-state index contributed by atoms with van der Waals surface area (Å²) >= 11 is 0. The second kappa shape index (κ2) is 7.61. The lowest BCUT2D eigenvalue weighted by Gasteiger charge is -2.41. The third-order valence-corrected chi connectivity index (χ3v) is 5.26. The Balaban J connectivity index is 1.48. The van der Waals surface area contributed by atoms with Crippen LogP contribution >= 0.6 is 0 Å². The van der Waals surface area contributed by atoms with Gasteiger partial charge in [0.05, 0.1) is 19.0 Å². The number of nitrogens with zero attached hydrogens (tertiary/aromatic N) is 2. The standard InChI is InChI=1S/C19H25N3O/c20-11-9-15-5-7-18(8-6-15)21-19(23)14-22-12-10-16-3-1-2-4-17(16)13-22/h5-8,16-17H,1-4,9-10,12-14H2,(H,21,23)/t16-,17+/m1/s1. The van der Waals surface area contributed by atoms with Gasteiger partial charge >= 0.3 is 0 Å². The number of amides is 1. The van der Waals surface area contributed by atoms with E-state index in [1.807, 2.05) is 24.3 Å². The zero-order chi connectivity index (χ0) is 16.1. The van der Waals surface area contributed by atoms with Gasteiger partial charge in [-0.2, -0.15) is 5.26 Å². The molecule has 1 saturated carbocycles. The molecule has 2 fully saturated rings. The van der Waals surface area contributed by atoms with Gasteiger partial charge in [0.2, 0.25) is 5.91 Å². The molecule has 0 unspecified atom stereocenters. The first-order valence-corrected chi connectivity index (χ1v) is 8.72. The number of anilines is 1. The summed E-state index contributed by atoms with van der Waals surface area (Å²) in [6.45, 7) is 2.62. The van der Waals surface area contributed by atoms with E-state index in [0.29, 0.717) is 13.0 Å². The minimum Gasteiger partial charge on any atom is -0.325 e. The molecule has 1 saturated heterocycles. The van der Waals surface area contributed by atoms with Gasteiger partial charge in [-0.05, 0) is 48.9 Å². The maximum Gasteiger partial charge on any atom is 0.238 e. The predicted molar refractivity (Wildman–Crippen MR) is 90.9 cm³/mol. The molecule has 1 amide bonds. The van der Waals surface area contributed by atoms with Crippen molar-refractivity contribution in [2.75, 3.05) is 25.0 Å². The Morgan fingerprint density at radius 1 is 1.17 bits per heavy atom. The van der Waals surface area contributed by atoms with Crippen LogP contribution in [0.4, 0.5) is 5.69 Å². The van der Waals surface area contributed by atoms with Crippen LogP contribution in [0, 0.1) is 23.2 Å². The van der Waals surface area contributed by atoms with Gasteiger partial charge < -0.3 is 5.32 Å². The Morgan fingerprint density at radius 2 is 1.91 bits per heavy atom. The second-order valence-electron chi connectivity index (χ2n) is 6.91. The SMILES string of the molecule is N#CCc1ccc(NC(=O)CN2CC[C@H]3CCCC[C@H]3C2)cc1. The molecule has 0 radical (unpaired) electrons. The van der Waals surface area contributed by atoms with Crippen LogP contribution in [-0.4, -0.2) is 30.4 Å². The minimum absolute atomic E-state index is 0.0623. The van der Waals surface area contributed by atoms with Crippen molar-refractivity contribution >= 4 is 11.6 Å². The first-order chi connectivity index (χ1) is 11.2. The molecule has 2 atom stereocenters. The number of piperidine rings is 1. The molecule has 1 aliphatic heterocycles. The Hall–Kier alpha value is -1.86.